The normalized spacial score (nSPS) is 11.0. The fraction of sp³-hybridized carbons (Fsp3) is 0.0714. The summed E-state index contributed by atoms with van der Waals surface area (Å²) in [6.07, 6.45) is 0. The van der Waals surface area contributed by atoms with Crippen molar-refractivity contribution in [1.82, 2.24) is 0 Å². The van der Waals surface area contributed by atoms with Crippen molar-refractivity contribution < 1.29 is 28.3 Å². The molecular weight excluding hydrogens is 432 g/mol. The Labute approximate surface area is 194 Å². The molecule has 6 rings (SSSR count). The fourth-order valence-corrected chi connectivity index (χ4v) is 3.99. The number of aromatic carboxylic acids is 1. The van der Waals surface area contributed by atoms with Crippen molar-refractivity contribution in [1.29, 1.82) is 0 Å². The minimum absolute atomic E-state index is 0.0219. The van der Waals surface area contributed by atoms with Crippen LogP contribution in [0.15, 0.2) is 93.8 Å². The topological polar surface area (TPSA) is 89.9 Å². The van der Waals surface area contributed by atoms with E-state index in [0.717, 1.165) is 32.3 Å². The van der Waals surface area contributed by atoms with E-state index in [0.29, 0.717) is 17.8 Å². The average molecular weight is 452 g/mol. The van der Waals surface area contributed by atoms with E-state index in [4.69, 9.17) is 18.7 Å². The molecule has 6 aromatic rings. The smallest absolute Gasteiger partial charge is 0.374 e. The van der Waals surface area contributed by atoms with Gasteiger partial charge in [-0.25, -0.2) is 9.59 Å². The number of carbonyl (C=O) groups is 2. The van der Waals surface area contributed by atoms with Crippen LogP contribution in [0.4, 0.5) is 0 Å². The lowest BCUT2D eigenvalue weighted by Gasteiger charge is -1.96. The van der Waals surface area contributed by atoms with E-state index in [2.05, 4.69) is 0 Å². The maximum absolute atomic E-state index is 11.6. The standard InChI is InChI=1S/C15H12O3.C13H8O3/c1-2-17-15(16)14-9-12-11-6-4-3-5-10(11)7-8-13(12)18-14;14-13(15)12-7-10-9-4-2-1-3-8(9)5-6-11(10)16-12/h3-9H,2H2,1H3;1-7H,(H,14,15). The minimum atomic E-state index is -1.04. The lowest BCUT2D eigenvalue weighted by Crippen LogP contribution is -2.02. The summed E-state index contributed by atoms with van der Waals surface area (Å²) in [4.78, 5) is 22.4. The number of furan rings is 2. The molecule has 0 saturated carbocycles. The van der Waals surface area contributed by atoms with Gasteiger partial charge in [0.25, 0.3) is 0 Å². The van der Waals surface area contributed by atoms with E-state index >= 15 is 0 Å². The van der Waals surface area contributed by atoms with Crippen LogP contribution in [0.25, 0.3) is 43.5 Å². The molecule has 0 bridgehead atoms. The van der Waals surface area contributed by atoms with Crippen LogP contribution in [-0.4, -0.2) is 23.7 Å². The van der Waals surface area contributed by atoms with E-state index in [1.54, 1.807) is 25.1 Å². The summed E-state index contributed by atoms with van der Waals surface area (Å²) in [5.41, 5.74) is 1.31. The number of rotatable bonds is 3. The highest BCUT2D eigenvalue weighted by Gasteiger charge is 2.14. The third kappa shape index (κ3) is 3.86. The van der Waals surface area contributed by atoms with Crippen LogP contribution in [0.5, 0.6) is 0 Å². The maximum Gasteiger partial charge on any atom is 0.374 e. The Bertz CT molecular complexity index is 1670. The molecular formula is C28H20O6. The van der Waals surface area contributed by atoms with Gasteiger partial charge in [0.15, 0.2) is 0 Å². The molecule has 0 unspecified atom stereocenters. The number of hydrogen-bond acceptors (Lipinski definition) is 5. The van der Waals surface area contributed by atoms with Gasteiger partial charge in [-0.3, -0.25) is 0 Å². The number of esters is 1. The number of hydrogen-bond donors (Lipinski definition) is 1. The van der Waals surface area contributed by atoms with Crippen molar-refractivity contribution in [3.8, 4) is 0 Å². The van der Waals surface area contributed by atoms with Crippen molar-refractivity contribution in [2.75, 3.05) is 6.61 Å². The summed E-state index contributed by atoms with van der Waals surface area (Å²) >= 11 is 0. The largest absolute Gasteiger partial charge is 0.475 e. The molecule has 0 amide bonds. The zero-order valence-electron chi connectivity index (χ0n) is 18.3. The van der Waals surface area contributed by atoms with Crippen LogP contribution in [0.3, 0.4) is 0 Å². The van der Waals surface area contributed by atoms with Gasteiger partial charge in [0.2, 0.25) is 11.5 Å². The molecule has 168 valence electrons. The van der Waals surface area contributed by atoms with Gasteiger partial charge in [-0.1, -0.05) is 60.7 Å². The van der Waals surface area contributed by atoms with Crippen LogP contribution >= 0.6 is 0 Å². The number of benzene rings is 4. The van der Waals surface area contributed by atoms with E-state index in [9.17, 15) is 9.59 Å². The number of carboxylic acid groups (broad SMARTS) is 1. The maximum atomic E-state index is 11.6. The highest BCUT2D eigenvalue weighted by atomic mass is 16.5. The Hall–Kier alpha value is -4.58. The van der Waals surface area contributed by atoms with Gasteiger partial charge >= 0.3 is 11.9 Å². The molecule has 0 aliphatic heterocycles. The lowest BCUT2D eigenvalue weighted by molar-refractivity contribution is 0.0492. The quantitative estimate of drug-likeness (QED) is 0.290. The third-order valence-electron chi connectivity index (χ3n) is 5.54. The van der Waals surface area contributed by atoms with E-state index in [-0.39, 0.29) is 11.5 Å². The zero-order valence-corrected chi connectivity index (χ0v) is 18.3. The molecule has 6 nitrogen and oxygen atoms in total. The summed E-state index contributed by atoms with van der Waals surface area (Å²) in [5, 5.41) is 14.9. The lowest BCUT2D eigenvalue weighted by atomic mass is 10.1. The Kier molecular flexibility index (Phi) is 5.47. The van der Waals surface area contributed by atoms with Crippen molar-refractivity contribution in [3.63, 3.8) is 0 Å². The Morgan fingerprint density at radius 2 is 1.21 bits per heavy atom. The molecule has 0 aliphatic carbocycles. The van der Waals surface area contributed by atoms with Gasteiger partial charge in [-0.2, -0.15) is 0 Å². The molecule has 34 heavy (non-hydrogen) atoms. The molecule has 0 atom stereocenters. The molecule has 0 spiro atoms. The molecule has 0 saturated heterocycles. The Balaban J connectivity index is 0.000000142. The van der Waals surface area contributed by atoms with E-state index < -0.39 is 11.9 Å². The second-order valence-electron chi connectivity index (χ2n) is 7.64. The first-order valence-corrected chi connectivity index (χ1v) is 10.8. The minimum Gasteiger partial charge on any atom is -0.475 e. The second kappa shape index (κ2) is 8.75. The SMILES string of the molecule is CCOC(=O)c1cc2c(ccc3ccccc32)o1.O=C(O)c1cc2c(ccc3ccccc32)o1. The number of ether oxygens (including phenoxy) is 1. The van der Waals surface area contributed by atoms with Crippen molar-refractivity contribution in [2.45, 2.75) is 6.92 Å². The second-order valence-corrected chi connectivity index (χ2v) is 7.64. The first-order chi connectivity index (χ1) is 16.5. The molecule has 0 fully saturated rings. The number of fused-ring (bicyclic) bond motifs is 6. The van der Waals surface area contributed by atoms with Gasteiger partial charge < -0.3 is 18.7 Å². The van der Waals surface area contributed by atoms with E-state index in [1.165, 1.54) is 0 Å². The van der Waals surface area contributed by atoms with Gasteiger partial charge in [-0.15, -0.1) is 0 Å². The van der Waals surface area contributed by atoms with Crippen molar-refractivity contribution >= 4 is 55.4 Å². The van der Waals surface area contributed by atoms with Crippen LogP contribution in [-0.2, 0) is 4.74 Å². The monoisotopic (exact) mass is 452 g/mol. The summed E-state index contributed by atoms with van der Waals surface area (Å²) in [7, 11) is 0. The number of carboxylic acids is 1. The third-order valence-corrected chi connectivity index (χ3v) is 5.54. The summed E-state index contributed by atoms with van der Waals surface area (Å²) in [5.74, 6) is -1.23. The molecule has 0 radical (unpaired) electrons. The van der Waals surface area contributed by atoms with Gasteiger partial charge in [-0.05, 0) is 52.7 Å². The molecule has 1 N–H and O–H groups in total. The Morgan fingerprint density at radius 1 is 0.706 bits per heavy atom. The van der Waals surface area contributed by atoms with Crippen LogP contribution < -0.4 is 0 Å². The predicted octanol–water partition coefficient (Wildman–Crippen LogP) is 7.05. The highest BCUT2D eigenvalue weighted by Crippen LogP contribution is 2.29. The molecule has 4 aromatic carbocycles. The predicted molar refractivity (Wildman–Crippen MR) is 130 cm³/mol. The average Bonchev–Trinajstić information content (AvgIpc) is 3.50. The molecule has 6 heteroatoms. The zero-order chi connectivity index (χ0) is 23.7. The van der Waals surface area contributed by atoms with Crippen LogP contribution in [0.1, 0.15) is 28.0 Å². The van der Waals surface area contributed by atoms with E-state index in [1.807, 2.05) is 66.7 Å². The first-order valence-electron chi connectivity index (χ1n) is 10.8. The summed E-state index contributed by atoms with van der Waals surface area (Å²) in [6.45, 7) is 2.12. The highest BCUT2D eigenvalue weighted by molar-refractivity contribution is 6.08. The van der Waals surface area contributed by atoms with Crippen LogP contribution in [0.2, 0.25) is 0 Å². The summed E-state index contributed by atoms with van der Waals surface area (Å²) in [6, 6.07) is 26.7. The van der Waals surface area contributed by atoms with Gasteiger partial charge in [0.05, 0.1) is 6.61 Å². The van der Waals surface area contributed by atoms with Crippen LogP contribution in [0, 0.1) is 0 Å². The molecule has 0 aliphatic rings. The van der Waals surface area contributed by atoms with Crippen molar-refractivity contribution in [3.05, 3.63) is 96.4 Å². The molecule has 2 aromatic heterocycles. The molecule has 2 heterocycles. The van der Waals surface area contributed by atoms with Crippen molar-refractivity contribution in [2.24, 2.45) is 0 Å². The fourth-order valence-electron chi connectivity index (χ4n) is 3.99. The van der Waals surface area contributed by atoms with Gasteiger partial charge in [0.1, 0.15) is 11.2 Å². The summed E-state index contributed by atoms with van der Waals surface area (Å²) < 4.78 is 15.7. The first kappa shape index (κ1) is 21.3. The Morgan fingerprint density at radius 3 is 1.74 bits per heavy atom. The number of carbonyl (C=O) groups excluding carboxylic acids is 1. The van der Waals surface area contributed by atoms with Gasteiger partial charge in [0, 0.05) is 10.8 Å².